The molecule has 0 spiro atoms. The SMILES string of the molecule is Cc1nc(C2CCCN(C(=O)CCC3CCCC3)C2)ncc1C(=O)NCc1ccccc1. The third-order valence-electron chi connectivity index (χ3n) is 6.92. The summed E-state index contributed by atoms with van der Waals surface area (Å²) >= 11 is 0. The predicted molar refractivity (Wildman–Crippen MR) is 124 cm³/mol. The smallest absolute Gasteiger partial charge is 0.254 e. The third kappa shape index (κ3) is 5.72. The number of benzene rings is 1. The number of likely N-dealkylation sites (tertiary alicyclic amines) is 1. The van der Waals surface area contributed by atoms with E-state index in [9.17, 15) is 9.59 Å². The first kappa shape index (κ1) is 22.4. The van der Waals surface area contributed by atoms with Gasteiger partial charge in [0.1, 0.15) is 5.82 Å². The van der Waals surface area contributed by atoms with Crippen LogP contribution in [0.1, 0.15) is 84.7 Å². The Bertz CT molecular complexity index is 925. The van der Waals surface area contributed by atoms with E-state index >= 15 is 0 Å². The first-order chi connectivity index (χ1) is 15.6. The minimum Gasteiger partial charge on any atom is -0.348 e. The van der Waals surface area contributed by atoms with E-state index in [0.29, 0.717) is 30.8 Å². The highest BCUT2D eigenvalue weighted by molar-refractivity contribution is 5.94. The van der Waals surface area contributed by atoms with E-state index in [0.717, 1.165) is 43.1 Å². The van der Waals surface area contributed by atoms with Crippen LogP contribution in [0.15, 0.2) is 36.5 Å². The number of carbonyl (C=O) groups excluding carboxylic acids is 2. The van der Waals surface area contributed by atoms with Gasteiger partial charge in [0.15, 0.2) is 0 Å². The predicted octanol–water partition coefficient (Wildman–Crippen LogP) is 4.39. The molecule has 6 heteroatoms. The lowest BCUT2D eigenvalue weighted by atomic mass is 9.95. The van der Waals surface area contributed by atoms with Crippen molar-refractivity contribution in [3.8, 4) is 0 Å². The van der Waals surface area contributed by atoms with E-state index in [1.807, 2.05) is 42.2 Å². The van der Waals surface area contributed by atoms with Crippen molar-refractivity contribution < 1.29 is 9.59 Å². The molecule has 1 aromatic carbocycles. The molecular weight excluding hydrogens is 400 g/mol. The molecular formula is C26H34N4O2. The standard InChI is InChI=1S/C26H34N4O2/c1-19-23(26(32)28-16-21-10-3-2-4-11-21)17-27-25(29-19)22-12-7-15-30(18-22)24(31)14-13-20-8-5-6-9-20/h2-4,10-11,17,20,22H,5-9,12-16,18H2,1H3,(H,28,32). The van der Waals surface area contributed by atoms with Gasteiger partial charge in [-0.2, -0.15) is 0 Å². The highest BCUT2D eigenvalue weighted by Crippen LogP contribution is 2.30. The van der Waals surface area contributed by atoms with Gasteiger partial charge in [0.2, 0.25) is 5.91 Å². The van der Waals surface area contributed by atoms with Crippen molar-refractivity contribution in [3.63, 3.8) is 0 Å². The van der Waals surface area contributed by atoms with Crippen LogP contribution in [0.2, 0.25) is 0 Å². The molecule has 1 atom stereocenters. The number of hydrogen-bond acceptors (Lipinski definition) is 4. The Labute approximate surface area is 190 Å². The molecule has 2 aliphatic rings. The fourth-order valence-electron chi connectivity index (χ4n) is 4.98. The van der Waals surface area contributed by atoms with Crippen molar-refractivity contribution in [2.75, 3.05) is 13.1 Å². The topological polar surface area (TPSA) is 75.2 Å². The van der Waals surface area contributed by atoms with Gasteiger partial charge in [-0.1, -0.05) is 56.0 Å². The highest BCUT2D eigenvalue weighted by atomic mass is 16.2. The molecule has 0 radical (unpaired) electrons. The zero-order valence-corrected chi connectivity index (χ0v) is 19.1. The van der Waals surface area contributed by atoms with Crippen molar-refractivity contribution >= 4 is 11.8 Å². The molecule has 1 saturated heterocycles. The van der Waals surface area contributed by atoms with E-state index < -0.39 is 0 Å². The Hall–Kier alpha value is -2.76. The van der Waals surface area contributed by atoms with Crippen LogP contribution in [-0.2, 0) is 11.3 Å². The third-order valence-corrected chi connectivity index (χ3v) is 6.92. The van der Waals surface area contributed by atoms with Crippen LogP contribution in [0.4, 0.5) is 0 Å². The fourth-order valence-corrected chi connectivity index (χ4v) is 4.98. The molecule has 1 N–H and O–H groups in total. The summed E-state index contributed by atoms with van der Waals surface area (Å²) in [7, 11) is 0. The number of piperidine rings is 1. The van der Waals surface area contributed by atoms with Gasteiger partial charge in [0, 0.05) is 38.2 Å². The van der Waals surface area contributed by atoms with Crippen molar-refractivity contribution in [2.24, 2.45) is 5.92 Å². The minimum absolute atomic E-state index is 0.138. The molecule has 1 saturated carbocycles. The Morgan fingerprint density at radius 1 is 1.09 bits per heavy atom. The monoisotopic (exact) mass is 434 g/mol. The largest absolute Gasteiger partial charge is 0.348 e. The van der Waals surface area contributed by atoms with Crippen LogP contribution in [0.5, 0.6) is 0 Å². The van der Waals surface area contributed by atoms with Crippen molar-refractivity contribution in [1.82, 2.24) is 20.2 Å². The molecule has 170 valence electrons. The molecule has 1 aromatic heterocycles. The van der Waals surface area contributed by atoms with Gasteiger partial charge in [-0.05, 0) is 37.7 Å². The Morgan fingerprint density at radius 2 is 1.88 bits per heavy atom. The summed E-state index contributed by atoms with van der Waals surface area (Å²) < 4.78 is 0. The number of rotatable bonds is 7. The molecule has 2 aromatic rings. The highest BCUT2D eigenvalue weighted by Gasteiger charge is 2.27. The second kappa shape index (κ2) is 10.7. The molecule has 1 unspecified atom stereocenters. The second-order valence-electron chi connectivity index (χ2n) is 9.26. The Balaban J connectivity index is 1.33. The van der Waals surface area contributed by atoms with Crippen molar-refractivity contribution in [3.05, 3.63) is 59.2 Å². The lowest BCUT2D eigenvalue weighted by molar-refractivity contribution is -0.132. The number of hydrogen-bond donors (Lipinski definition) is 1. The summed E-state index contributed by atoms with van der Waals surface area (Å²) in [5, 5.41) is 2.94. The summed E-state index contributed by atoms with van der Waals surface area (Å²) in [5.74, 6) is 1.74. The van der Waals surface area contributed by atoms with E-state index in [2.05, 4.69) is 15.3 Å². The maximum atomic E-state index is 12.8. The molecule has 32 heavy (non-hydrogen) atoms. The van der Waals surface area contributed by atoms with Gasteiger partial charge in [-0.25, -0.2) is 9.97 Å². The second-order valence-corrected chi connectivity index (χ2v) is 9.26. The number of nitrogens with zero attached hydrogens (tertiary/aromatic N) is 3. The van der Waals surface area contributed by atoms with Crippen LogP contribution in [0.3, 0.4) is 0 Å². The maximum Gasteiger partial charge on any atom is 0.254 e. The van der Waals surface area contributed by atoms with Gasteiger partial charge >= 0.3 is 0 Å². The summed E-state index contributed by atoms with van der Waals surface area (Å²) in [5.41, 5.74) is 2.24. The minimum atomic E-state index is -0.162. The zero-order chi connectivity index (χ0) is 22.3. The normalized spacial score (nSPS) is 19.2. The zero-order valence-electron chi connectivity index (χ0n) is 19.1. The van der Waals surface area contributed by atoms with Crippen molar-refractivity contribution in [1.29, 1.82) is 0 Å². The molecule has 2 amide bonds. The fraction of sp³-hybridized carbons (Fsp3) is 0.538. The Kier molecular flexibility index (Phi) is 7.51. The quantitative estimate of drug-likeness (QED) is 0.701. The van der Waals surface area contributed by atoms with Gasteiger partial charge in [-0.3, -0.25) is 9.59 Å². The van der Waals surface area contributed by atoms with Crippen LogP contribution < -0.4 is 5.32 Å². The number of carbonyl (C=O) groups is 2. The van der Waals surface area contributed by atoms with E-state index in [1.165, 1.54) is 25.7 Å². The van der Waals surface area contributed by atoms with Crippen LogP contribution in [-0.4, -0.2) is 39.8 Å². The number of nitrogens with one attached hydrogen (secondary N) is 1. The first-order valence-electron chi connectivity index (χ1n) is 12.0. The average Bonchev–Trinajstić information content (AvgIpc) is 3.35. The number of amides is 2. The number of aromatic nitrogens is 2. The summed E-state index contributed by atoms with van der Waals surface area (Å²) in [6, 6.07) is 9.83. The lowest BCUT2D eigenvalue weighted by Crippen LogP contribution is -2.39. The summed E-state index contributed by atoms with van der Waals surface area (Å²) in [6.07, 6.45) is 10.5. The summed E-state index contributed by atoms with van der Waals surface area (Å²) in [6.45, 7) is 3.85. The molecule has 2 fully saturated rings. The molecule has 1 aliphatic heterocycles. The van der Waals surface area contributed by atoms with E-state index in [4.69, 9.17) is 0 Å². The van der Waals surface area contributed by atoms with Crippen LogP contribution >= 0.6 is 0 Å². The number of aryl methyl sites for hydroxylation is 1. The molecule has 4 rings (SSSR count). The lowest BCUT2D eigenvalue weighted by Gasteiger charge is -2.32. The average molecular weight is 435 g/mol. The Morgan fingerprint density at radius 3 is 2.62 bits per heavy atom. The van der Waals surface area contributed by atoms with Crippen LogP contribution in [0.25, 0.3) is 0 Å². The first-order valence-corrected chi connectivity index (χ1v) is 12.0. The van der Waals surface area contributed by atoms with Gasteiger partial charge in [0.05, 0.1) is 11.3 Å². The van der Waals surface area contributed by atoms with Gasteiger partial charge < -0.3 is 10.2 Å². The molecule has 6 nitrogen and oxygen atoms in total. The van der Waals surface area contributed by atoms with Crippen molar-refractivity contribution in [2.45, 2.75) is 70.8 Å². The van der Waals surface area contributed by atoms with Gasteiger partial charge in [-0.15, -0.1) is 0 Å². The maximum absolute atomic E-state index is 12.8. The van der Waals surface area contributed by atoms with Crippen LogP contribution in [0, 0.1) is 12.8 Å². The molecule has 2 heterocycles. The van der Waals surface area contributed by atoms with Gasteiger partial charge in [0.25, 0.3) is 5.91 Å². The molecule has 0 bridgehead atoms. The van der Waals surface area contributed by atoms with E-state index in [1.54, 1.807) is 6.20 Å². The van der Waals surface area contributed by atoms with E-state index in [-0.39, 0.29) is 17.7 Å². The summed E-state index contributed by atoms with van der Waals surface area (Å²) in [4.78, 5) is 36.6. The molecule has 1 aliphatic carbocycles.